The number of hydrogen-bond acceptors (Lipinski definition) is 7. The first-order valence-corrected chi connectivity index (χ1v) is 9.19. The Morgan fingerprint density at radius 3 is 2.88 bits per heavy atom. The number of nitrogens with one attached hydrogen (secondary N) is 3. The van der Waals surface area contributed by atoms with Gasteiger partial charge in [-0.25, -0.2) is 5.43 Å². The number of para-hydroxylation sites is 1. The largest absolute Gasteiger partial charge is 0.492 e. The number of aromatic nitrogens is 2. The van der Waals surface area contributed by atoms with E-state index in [-0.39, 0.29) is 18.0 Å². The van der Waals surface area contributed by atoms with Crippen molar-refractivity contribution < 1.29 is 9.53 Å². The van der Waals surface area contributed by atoms with E-state index in [1.54, 1.807) is 0 Å². The number of rotatable bonds is 6. The molecule has 1 aliphatic rings. The minimum Gasteiger partial charge on any atom is -0.492 e. The average molecular weight is 369 g/mol. The molecule has 7 nitrogen and oxygen atoms in total. The summed E-state index contributed by atoms with van der Waals surface area (Å²) in [5.41, 5.74) is 8.92. The van der Waals surface area contributed by atoms with E-state index in [1.807, 2.05) is 48.5 Å². The minimum atomic E-state index is -0.274. The Bertz CT molecular complexity index is 885. The van der Waals surface area contributed by atoms with Gasteiger partial charge in [0.25, 0.3) is 0 Å². The van der Waals surface area contributed by atoms with Crippen LogP contribution in [-0.4, -0.2) is 33.3 Å². The fourth-order valence-corrected chi connectivity index (χ4v) is 3.38. The second-order valence-corrected chi connectivity index (χ2v) is 6.73. The Morgan fingerprint density at radius 2 is 2.00 bits per heavy atom. The lowest BCUT2D eigenvalue weighted by Crippen LogP contribution is -2.43. The summed E-state index contributed by atoms with van der Waals surface area (Å²) in [5, 5.41) is 2.97. The van der Waals surface area contributed by atoms with Gasteiger partial charge >= 0.3 is 0 Å². The highest BCUT2D eigenvalue weighted by Gasteiger charge is 2.29. The normalized spacial score (nSPS) is 19.5. The lowest BCUT2D eigenvalue weighted by atomic mass is 10.1. The van der Waals surface area contributed by atoms with Crippen LogP contribution in [0.3, 0.4) is 0 Å². The first-order chi connectivity index (χ1) is 12.8. The molecule has 2 heterocycles. The van der Waals surface area contributed by atoms with Gasteiger partial charge in [-0.3, -0.25) is 10.2 Å². The third-order valence-corrected chi connectivity index (χ3v) is 4.83. The number of hydrogen-bond donors (Lipinski definition) is 3. The van der Waals surface area contributed by atoms with E-state index in [2.05, 4.69) is 24.9 Å². The SMILES string of the molecule is O=C(NCc1ccc2nsnc2c1)C1CC(COc2ccccc2)NN1. The molecule has 4 rings (SSSR count). The molecular weight excluding hydrogens is 350 g/mol. The Morgan fingerprint density at radius 1 is 1.15 bits per heavy atom. The molecule has 0 aliphatic carbocycles. The molecule has 0 spiro atoms. The average Bonchev–Trinajstić information content (AvgIpc) is 3.34. The summed E-state index contributed by atoms with van der Waals surface area (Å²) in [5.74, 6) is 0.797. The molecule has 3 N–H and O–H groups in total. The van der Waals surface area contributed by atoms with E-state index in [1.165, 1.54) is 11.7 Å². The summed E-state index contributed by atoms with van der Waals surface area (Å²) in [7, 11) is 0. The Balaban J connectivity index is 1.25. The summed E-state index contributed by atoms with van der Waals surface area (Å²) in [6, 6.07) is 15.3. The molecule has 1 saturated heterocycles. The van der Waals surface area contributed by atoms with E-state index in [0.717, 1.165) is 22.3 Å². The second kappa shape index (κ2) is 7.77. The zero-order valence-electron chi connectivity index (χ0n) is 14.0. The molecule has 1 amide bonds. The molecule has 1 aliphatic heterocycles. The van der Waals surface area contributed by atoms with Crippen molar-refractivity contribution in [2.45, 2.75) is 25.0 Å². The highest BCUT2D eigenvalue weighted by molar-refractivity contribution is 7.00. The summed E-state index contributed by atoms with van der Waals surface area (Å²) in [6.07, 6.45) is 0.674. The predicted octanol–water partition coefficient (Wildman–Crippen LogP) is 1.62. The third kappa shape index (κ3) is 3.98. The van der Waals surface area contributed by atoms with Crippen LogP contribution < -0.4 is 20.9 Å². The van der Waals surface area contributed by atoms with Gasteiger partial charge in [-0.05, 0) is 36.2 Å². The van der Waals surface area contributed by atoms with Crippen molar-refractivity contribution in [3.05, 3.63) is 54.1 Å². The van der Waals surface area contributed by atoms with Crippen molar-refractivity contribution >= 4 is 28.7 Å². The number of carbonyl (C=O) groups is 1. The molecule has 0 saturated carbocycles. The van der Waals surface area contributed by atoms with Gasteiger partial charge < -0.3 is 10.1 Å². The van der Waals surface area contributed by atoms with Gasteiger partial charge in [-0.1, -0.05) is 24.3 Å². The molecule has 8 heteroatoms. The zero-order chi connectivity index (χ0) is 17.8. The maximum Gasteiger partial charge on any atom is 0.238 e. The maximum atomic E-state index is 12.4. The van der Waals surface area contributed by atoms with E-state index >= 15 is 0 Å². The number of ether oxygens (including phenoxy) is 1. The highest BCUT2D eigenvalue weighted by Crippen LogP contribution is 2.14. The number of benzene rings is 2. The fourth-order valence-electron chi connectivity index (χ4n) is 2.87. The summed E-state index contributed by atoms with van der Waals surface area (Å²) >= 11 is 1.19. The summed E-state index contributed by atoms with van der Waals surface area (Å²) in [6.45, 7) is 0.976. The van der Waals surface area contributed by atoms with Crippen LogP contribution in [0.5, 0.6) is 5.75 Å². The van der Waals surface area contributed by atoms with Gasteiger partial charge in [-0.15, -0.1) is 0 Å². The van der Waals surface area contributed by atoms with Crippen molar-refractivity contribution in [2.75, 3.05) is 6.61 Å². The lowest BCUT2D eigenvalue weighted by molar-refractivity contribution is -0.123. The van der Waals surface area contributed by atoms with Crippen LogP contribution in [-0.2, 0) is 11.3 Å². The van der Waals surface area contributed by atoms with Gasteiger partial charge in [0, 0.05) is 6.54 Å². The first kappa shape index (κ1) is 16.9. The van der Waals surface area contributed by atoms with E-state index in [9.17, 15) is 4.79 Å². The fraction of sp³-hybridized carbons (Fsp3) is 0.278. The van der Waals surface area contributed by atoms with Crippen molar-refractivity contribution in [3.8, 4) is 5.75 Å². The van der Waals surface area contributed by atoms with Crippen LogP contribution in [0.15, 0.2) is 48.5 Å². The van der Waals surface area contributed by atoms with Crippen molar-refractivity contribution in [3.63, 3.8) is 0 Å². The van der Waals surface area contributed by atoms with Crippen molar-refractivity contribution in [2.24, 2.45) is 0 Å². The molecule has 0 bridgehead atoms. The van der Waals surface area contributed by atoms with Gasteiger partial charge in [-0.2, -0.15) is 8.75 Å². The molecule has 2 unspecified atom stereocenters. The molecule has 3 aromatic rings. The number of carbonyl (C=O) groups excluding carboxylic acids is 1. The Labute approximate surface area is 155 Å². The van der Waals surface area contributed by atoms with Gasteiger partial charge in [0.2, 0.25) is 5.91 Å². The van der Waals surface area contributed by atoms with Crippen LogP contribution in [0.25, 0.3) is 11.0 Å². The number of fused-ring (bicyclic) bond motifs is 1. The van der Waals surface area contributed by atoms with E-state index < -0.39 is 0 Å². The van der Waals surface area contributed by atoms with Crippen LogP contribution >= 0.6 is 11.7 Å². The van der Waals surface area contributed by atoms with Gasteiger partial charge in [0.15, 0.2) is 0 Å². The van der Waals surface area contributed by atoms with Crippen LogP contribution in [0, 0.1) is 0 Å². The van der Waals surface area contributed by atoms with Crippen LogP contribution in [0.1, 0.15) is 12.0 Å². The number of nitrogens with zero attached hydrogens (tertiary/aromatic N) is 2. The first-order valence-electron chi connectivity index (χ1n) is 8.46. The van der Waals surface area contributed by atoms with E-state index in [4.69, 9.17) is 4.74 Å². The van der Waals surface area contributed by atoms with Gasteiger partial charge in [0.05, 0.1) is 17.8 Å². The van der Waals surface area contributed by atoms with Crippen LogP contribution in [0.4, 0.5) is 0 Å². The quantitative estimate of drug-likeness (QED) is 0.612. The molecule has 1 fully saturated rings. The topological polar surface area (TPSA) is 88.2 Å². The molecule has 134 valence electrons. The minimum absolute atomic E-state index is 0.0313. The number of amides is 1. The molecule has 2 aromatic carbocycles. The third-order valence-electron chi connectivity index (χ3n) is 4.28. The maximum absolute atomic E-state index is 12.4. The number of hydrazine groups is 1. The lowest BCUT2D eigenvalue weighted by Gasteiger charge is -2.11. The summed E-state index contributed by atoms with van der Waals surface area (Å²) in [4.78, 5) is 12.4. The standard InChI is InChI=1S/C18H19N5O2S/c24-18(19-10-12-6-7-15-16(8-12)23-26-22-15)17-9-13(20-21-17)11-25-14-4-2-1-3-5-14/h1-8,13,17,20-21H,9-11H2,(H,19,24). The smallest absolute Gasteiger partial charge is 0.238 e. The predicted molar refractivity (Wildman–Crippen MR) is 99.7 cm³/mol. The highest BCUT2D eigenvalue weighted by atomic mass is 32.1. The summed E-state index contributed by atoms with van der Waals surface area (Å²) < 4.78 is 14.1. The Kier molecular flexibility index (Phi) is 5.05. The van der Waals surface area contributed by atoms with E-state index in [0.29, 0.717) is 19.6 Å². The molecule has 0 radical (unpaired) electrons. The monoisotopic (exact) mass is 369 g/mol. The molecular formula is C18H19N5O2S. The second-order valence-electron chi connectivity index (χ2n) is 6.20. The molecule has 1 aromatic heterocycles. The Hall–Kier alpha value is -2.55. The van der Waals surface area contributed by atoms with Crippen LogP contribution in [0.2, 0.25) is 0 Å². The van der Waals surface area contributed by atoms with Crippen molar-refractivity contribution in [1.29, 1.82) is 0 Å². The molecule has 26 heavy (non-hydrogen) atoms. The van der Waals surface area contributed by atoms with Gasteiger partial charge in [0.1, 0.15) is 29.4 Å². The van der Waals surface area contributed by atoms with Crippen molar-refractivity contribution in [1.82, 2.24) is 24.9 Å². The zero-order valence-corrected chi connectivity index (χ0v) is 14.8. The molecule has 2 atom stereocenters.